The van der Waals surface area contributed by atoms with E-state index in [1.165, 1.54) is 0 Å². The molecule has 6 nitrogen and oxygen atoms in total. The quantitative estimate of drug-likeness (QED) is 0.779. The van der Waals surface area contributed by atoms with Crippen LogP contribution in [0.25, 0.3) is 0 Å². The fraction of sp³-hybridized carbons (Fsp3) is 0.381. The summed E-state index contributed by atoms with van der Waals surface area (Å²) >= 11 is 0. The molecule has 0 radical (unpaired) electrons. The van der Waals surface area contributed by atoms with Crippen molar-refractivity contribution in [2.75, 3.05) is 11.5 Å². The predicted octanol–water partition coefficient (Wildman–Crippen LogP) is 3.59. The van der Waals surface area contributed by atoms with Crippen LogP contribution < -0.4 is 14.4 Å². The summed E-state index contributed by atoms with van der Waals surface area (Å²) in [5.41, 5.74) is 0.567. The predicted molar refractivity (Wildman–Crippen MR) is 98.1 cm³/mol. The molecule has 0 unspecified atom stereocenters. The van der Waals surface area contributed by atoms with Gasteiger partial charge in [0, 0.05) is 17.4 Å². The van der Waals surface area contributed by atoms with Crippen molar-refractivity contribution >= 4 is 17.6 Å². The third-order valence-electron chi connectivity index (χ3n) is 5.68. The Morgan fingerprint density at radius 1 is 1.15 bits per heavy atom. The fourth-order valence-corrected chi connectivity index (χ4v) is 3.94. The smallest absolute Gasteiger partial charge is 0.241 e. The molecule has 3 aliphatic rings. The minimum absolute atomic E-state index is 0.110. The van der Waals surface area contributed by atoms with Crippen LogP contribution in [-0.4, -0.2) is 23.4 Å². The Morgan fingerprint density at radius 3 is 2.59 bits per heavy atom. The molecule has 3 heterocycles. The van der Waals surface area contributed by atoms with E-state index < -0.39 is 5.41 Å². The van der Waals surface area contributed by atoms with Gasteiger partial charge in [0.05, 0.1) is 18.2 Å². The second-order valence-electron chi connectivity index (χ2n) is 8.25. The molecule has 2 amide bonds. The van der Waals surface area contributed by atoms with E-state index in [1.807, 2.05) is 18.2 Å². The van der Waals surface area contributed by atoms with E-state index in [2.05, 4.69) is 4.98 Å². The van der Waals surface area contributed by atoms with Crippen LogP contribution in [0.2, 0.25) is 0 Å². The van der Waals surface area contributed by atoms with Crippen LogP contribution in [0.1, 0.15) is 38.7 Å². The van der Waals surface area contributed by atoms with E-state index in [0.717, 1.165) is 41.4 Å². The summed E-state index contributed by atoms with van der Waals surface area (Å²) in [5, 5.41) is 0. The van der Waals surface area contributed by atoms with Crippen LogP contribution in [0.4, 0.5) is 5.82 Å². The molecule has 1 aromatic carbocycles. The Kier molecular flexibility index (Phi) is 3.21. The minimum Gasteiger partial charge on any atom is -0.492 e. The number of pyridine rings is 1. The number of fused-ring (bicyclic) bond motifs is 2. The van der Waals surface area contributed by atoms with Crippen LogP contribution in [0.5, 0.6) is 17.2 Å². The van der Waals surface area contributed by atoms with Crippen molar-refractivity contribution in [2.24, 2.45) is 5.41 Å². The van der Waals surface area contributed by atoms with Crippen molar-refractivity contribution in [3.8, 4) is 17.2 Å². The van der Waals surface area contributed by atoms with Crippen LogP contribution in [-0.2, 0) is 15.0 Å². The number of hydrogen-bond acceptors (Lipinski definition) is 5. The second-order valence-corrected chi connectivity index (χ2v) is 8.25. The lowest BCUT2D eigenvalue weighted by Gasteiger charge is -2.17. The van der Waals surface area contributed by atoms with E-state index in [0.29, 0.717) is 11.6 Å². The highest BCUT2D eigenvalue weighted by molar-refractivity contribution is 6.21. The maximum Gasteiger partial charge on any atom is 0.241 e. The maximum absolute atomic E-state index is 12.4. The van der Waals surface area contributed by atoms with E-state index in [9.17, 15) is 9.59 Å². The van der Waals surface area contributed by atoms with Gasteiger partial charge in [-0.1, -0.05) is 19.9 Å². The highest BCUT2D eigenvalue weighted by Crippen LogP contribution is 2.58. The van der Waals surface area contributed by atoms with Gasteiger partial charge in [-0.3, -0.25) is 9.59 Å². The molecule has 1 saturated heterocycles. The number of ether oxygens (including phenoxy) is 2. The van der Waals surface area contributed by atoms with E-state index in [1.54, 1.807) is 32.2 Å². The first kappa shape index (κ1) is 16.3. The Bertz CT molecular complexity index is 961. The number of benzene rings is 1. The fourth-order valence-electron chi connectivity index (χ4n) is 3.94. The van der Waals surface area contributed by atoms with Gasteiger partial charge in [0.15, 0.2) is 0 Å². The number of carbonyl (C=O) groups excluding carboxylic acids is 2. The molecular formula is C21H20N2O4. The van der Waals surface area contributed by atoms with Crippen molar-refractivity contribution in [3.63, 3.8) is 0 Å². The summed E-state index contributed by atoms with van der Waals surface area (Å²) in [6, 6.07) is 9.23. The summed E-state index contributed by atoms with van der Waals surface area (Å²) in [5.74, 6) is 2.13. The SMILES string of the molecule is CC1(C)CC(=O)N(c2ccc(Oc3cccc4c3C3(CC3)CO4)cn2)C1=O. The summed E-state index contributed by atoms with van der Waals surface area (Å²) in [6.07, 6.45) is 3.99. The molecule has 0 bridgehead atoms. The van der Waals surface area contributed by atoms with Crippen molar-refractivity contribution < 1.29 is 19.1 Å². The van der Waals surface area contributed by atoms with Crippen molar-refractivity contribution in [1.29, 1.82) is 0 Å². The molecular weight excluding hydrogens is 344 g/mol. The zero-order valence-electron chi connectivity index (χ0n) is 15.3. The van der Waals surface area contributed by atoms with Crippen molar-refractivity contribution in [3.05, 3.63) is 42.1 Å². The number of carbonyl (C=O) groups is 2. The van der Waals surface area contributed by atoms with E-state index in [-0.39, 0.29) is 23.7 Å². The molecule has 0 N–H and O–H groups in total. The van der Waals surface area contributed by atoms with Crippen LogP contribution in [0.15, 0.2) is 36.5 Å². The van der Waals surface area contributed by atoms with Crippen LogP contribution in [0, 0.1) is 5.41 Å². The third kappa shape index (κ3) is 2.43. The number of nitrogens with zero attached hydrogens (tertiary/aromatic N) is 2. The lowest BCUT2D eigenvalue weighted by atomic mass is 9.92. The maximum atomic E-state index is 12.4. The monoisotopic (exact) mass is 364 g/mol. The minimum atomic E-state index is -0.683. The van der Waals surface area contributed by atoms with Crippen molar-refractivity contribution in [2.45, 2.75) is 38.5 Å². The van der Waals surface area contributed by atoms with E-state index in [4.69, 9.17) is 9.47 Å². The second kappa shape index (κ2) is 5.31. The molecule has 5 rings (SSSR count). The largest absolute Gasteiger partial charge is 0.492 e. The molecule has 138 valence electrons. The Morgan fingerprint density at radius 2 is 1.96 bits per heavy atom. The highest BCUT2D eigenvalue weighted by atomic mass is 16.5. The van der Waals surface area contributed by atoms with Crippen molar-refractivity contribution in [1.82, 2.24) is 4.98 Å². The lowest BCUT2D eigenvalue weighted by molar-refractivity contribution is -0.124. The normalized spacial score (nSPS) is 21.3. The van der Waals surface area contributed by atoms with Gasteiger partial charge in [-0.25, -0.2) is 9.88 Å². The number of amides is 2. The molecule has 2 fully saturated rings. The number of imide groups is 1. The molecule has 27 heavy (non-hydrogen) atoms. The summed E-state index contributed by atoms with van der Waals surface area (Å²) in [4.78, 5) is 30.1. The van der Waals surface area contributed by atoms with Crippen LogP contribution >= 0.6 is 0 Å². The molecule has 2 aliphatic heterocycles. The Balaban J connectivity index is 1.41. The number of hydrogen-bond donors (Lipinski definition) is 0. The van der Waals surface area contributed by atoms with Gasteiger partial charge in [0.1, 0.15) is 23.1 Å². The first-order chi connectivity index (χ1) is 12.9. The topological polar surface area (TPSA) is 68.7 Å². The molecule has 2 aromatic rings. The van der Waals surface area contributed by atoms with Gasteiger partial charge >= 0.3 is 0 Å². The zero-order valence-corrected chi connectivity index (χ0v) is 15.3. The summed E-state index contributed by atoms with van der Waals surface area (Å²) in [6.45, 7) is 4.27. The lowest BCUT2D eigenvalue weighted by Crippen LogP contribution is -2.33. The van der Waals surface area contributed by atoms with E-state index >= 15 is 0 Å². The number of anilines is 1. The van der Waals surface area contributed by atoms with Gasteiger partial charge in [-0.2, -0.15) is 0 Å². The zero-order chi connectivity index (χ0) is 18.8. The van der Waals surface area contributed by atoms with Gasteiger partial charge in [0.25, 0.3) is 0 Å². The third-order valence-corrected chi connectivity index (χ3v) is 5.68. The summed E-state index contributed by atoms with van der Waals surface area (Å²) < 4.78 is 11.9. The molecule has 1 spiro atoms. The Hall–Kier alpha value is -2.89. The molecule has 0 atom stereocenters. The van der Waals surface area contributed by atoms with Crippen LogP contribution in [0.3, 0.4) is 0 Å². The summed E-state index contributed by atoms with van der Waals surface area (Å²) in [7, 11) is 0. The Labute approximate surface area is 157 Å². The highest BCUT2D eigenvalue weighted by Gasteiger charge is 2.52. The average molecular weight is 364 g/mol. The molecule has 6 heteroatoms. The first-order valence-electron chi connectivity index (χ1n) is 9.17. The van der Waals surface area contributed by atoms with Gasteiger partial charge < -0.3 is 9.47 Å². The molecule has 1 aliphatic carbocycles. The van der Waals surface area contributed by atoms with Gasteiger partial charge in [0.2, 0.25) is 11.8 Å². The molecule has 1 saturated carbocycles. The van der Waals surface area contributed by atoms with Gasteiger partial charge in [-0.15, -0.1) is 0 Å². The number of aromatic nitrogens is 1. The number of rotatable bonds is 3. The average Bonchev–Trinajstić information content (AvgIpc) is 3.26. The van der Waals surface area contributed by atoms with Gasteiger partial charge in [-0.05, 0) is 37.1 Å². The standard InChI is InChI=1S/C21H20N2O4/c1-20(2)10-17(24)23(19(20)25)16-7-6-13(11-22-16)27-15-5-3-4-14-18(15)21(8-9-21)12-26-14/h3-7,11H,8-10,12H2,1-2H3. The first-order valence-corrected chi connectivity index (χ1v) is 9.17. The molecule has 1 aromatic heterocycles.